The van der Waals surface area contributed by atoms with Gasteiger partial charge in [-0.1, -0.05) is 0 Å². The van der Waals surface area contributed by atoms with Crippen LogP contribution < -0.4 is 10.1 Å². The third-order valence-corrected chi connectivity index (χ3v) is 5.18. The number of alkyl halides is 3. The minimum Gasteiger partial charge on any atom is -0.497 e. The molecule has 31 heavy (non-hydrogen) atoms. The maximum atomic E-state index is 12.7. The van der Waals surface area contributed by atoms with Gasteiger partial charge >= 0.3 is 6.18 Å². The van der Waals surface area contributed by atoms with Crippen LogP contribution in [0.25, 0.3) is 0 Å². The fourth-order valence-electron chi connectivity index (χ4n) is 3.33. The first-order chi connectivity index (χ1) is 14.8. The molecule has 1 heterocycles. The van der Waals surface area contributed by atoms with Gasteiger partial charge in [0.2, 0.25) is 0 Å². The lowest BCUT2D eigenvalue weighted by atomic mass is 10.1. The SMILES string of the molecule is COc1ccc(C(=O)NCCN2CCN(C(=O)c3ccc(C(F)(F)F)cc3)CC2)cc1. The number of nitrogens with one attached hydrogen (secondary N) is 1. The lowest BCUT2D eigenvalue weighted by Crippen LogP contribution is -2.50. The fourth-order valence-corrected chi connectivity index (χ4v) is 3.33. The quantitative estimate of drug-likeness (QED) is 0.758. The van der Waals surface area contributed by atoms with Crippen LogP contribution in [0.5, 0.6) is 5.75 Å². The monoisotopic (exact) mass is 435 g/mol. The zero-order chi connectivity index (χ0) is 22.4. The number of amides is 2. The molecular weight excluding hydrogens is 411 g/mol. The molecule has 2 aromatic rings. The zero-order valence-corrected chi connectivity index (χ0v) is 17.1. The molecule has 0 radical (unpaired) electrons. The Morgan fingerprint density at radius 3 is 2.06 bits per heavy atom. The molecular formula is C22H24F3N3O3. The fraction of sp³-hybridized carbons (Fsp3) is 0.364. The summed E-state index contributed by atoms with van der Waals surface area (Å²) in [7, 11) is 1.56. The van der Waals surface area contributed by atoms with Crippen molar-refractivity contribution >= 4 is 11.8 Å². The molecule has 0 aliphatic carbocycles. The normalized spacial score (nSPS) is 14.9. The van der Waals surface area contributed by atoms with Gasteiger partial charge in [-0.15, -0.1) is 0 Å². The molecule has 166 valence electrons. The van der Waals surface area contributed by atoms with Crippen LogP contribution in [0.3, 0.4) is 0 Å². The van der Waals surface area contributed by atoms with Crippen molar-refractivity contribution in [3.8, 4) is 5.75 Å². The van der Waals surface area contributed by atoms with Crippen molar-refractivity contribution in [3.05, 3.63) is 65.2 Å². The minimum absolute atomic E-state index is 0.168. The summed E-state index contributed by atoms with van der Waals surface area (Å²) in [4.78, 5) is 28.5. The number of methoxy groups -OCH3 is 1. The lowest BCUT2D eigenvalue weighted by molar-refractivity contribution is -0.137. The van der Waals surface area contributed by atoms with Crippen LogP contribution in [-0.4, -0.2) is 68.0 Å². The third-order valence-electron chi connectivity index (χ3n) is 5.18. The minimum atomic E-state index is -4.42. The zero-order valence-electron chi connectivity index (χ0n) is 17.1. The molecule has 0 bridgehead atoms. The Labute approximate surface area is 178 Å². The van der Waals surface area contributed by atoms with Gasteiger partial charge in [-0.2, -0.15) is 13.2 Å². The molecule has 0 aromatic heterocycles. The second-order valence-corrected chi connectivity index (χ2v) is 7.19. The molecule has 1 fully saturated rings. The molecule has 6 nitrogen and oxygen atoms in total. The highest BCUT2D eigenvalue weighted by Crippen LogP contribution is 2.29. The van der Waals surface area contributed by atoms with Gasteiger partial charge in [0.15, 0.2) is 0 Å². The van der Waals surface area contributed by atoms with Crippen LogP contribution in [0.1, 0.15) is 26.3 Å². The Morgan fingerprint density at radius 1 is 0.935 bits per heavy atom. The number of halogens is 3. The van der Waals surface area contributed by atoms with E-state index in [9.17, 15) is 22.8 Å². The molecule has 3 rings (SSSR count). The second kappa shape index (κ2) is 9.82. The summed E-state index contributed by atoms with van der Waals surface area (Å²) in [5, 5.41) is 2.87. The van der Waals surface area contributed by atoms with Crippen LogP contribution in [0.2, 0.25) is 0 Å². The summed E-state index contributed by atoms with van der Waals surface area (Å²) in [6.07, 6.45) is -4.42. The van der Waals surface area contributed by atoms with Crippen molar-refractivity contribution in [2.24, 2.45) is 0 Å². The first-order valence-corrected chi connectivity index (χ1v) is 9.89. The number of benzene rings is 2. The van der Waals surface area contributed by atoms with Gasteiger partial charge in [0.05, 0.1) is 12.7 Å². The number of hydrogen-bond acceptors (Lipinski definition) is 4. The summed E-state index contributed by atoms with van der Waals surface area (Å²) in [6, 6.07) is 11.1. The van der Waals surface area contributed by atoms with Crippen LogP contribution >= 0.6 is 0 Å². The summed E-state index contributed by atoms with van der Waals surface area (Å²) in [5.41, 5.74) is 0.0199. The predicted molar refractivity (Wildman–Crippen MR) is 109 cm³/mol. The first kappa shape index (κ1) is 22.6. The van der Waals surface area contributed by atoms with Crippen LogP contribution in [0.15, 0.2) is 48.5 Å². The number of carbonyl (C=O) groups excluding carboxylic acids is 2. The molecule has 0 saturated carbocycles. The van der Waals surface area contributed by atoms with E-state index in [2.05, 4.69) is 10.2 Å². The molecule has 1 saturated heterocycles. The van der Waals surface area contributed by atoms with E-state index >= 15 is 0 Å². The van der Waals surface area contributed by atoms with Gasteiger partial charge in [0.1, 0.15) is 5.75 Å². The third kappa shape index (κ3) is 5.97. The van der Waals surface area contributed by atoms with Gasteiger partial charge in [-0.3, -0.25) is 14.5 Å². The van der Waals surface area contributed by atoms with E-state index in [1.165, 1.54) is 12.1 Å². The number of nitrogens with zero attached hydrogens (tertiary/aromatic N) is 2. The molecule has 2 amide bonds. The van der Waals surface area contributed by atoms with Crippen molar-refractivity contribution in [2.75, 3.05) is 46.4 Å². The van der Waals surface area contributed by atoms with Gasteiger partial charge in [0, 0.05) is 50.4 Å². The number of carbonyl (C=O) groups is 2. The van der Waals surface area contributed by atoms with Crippen LogP contribution in [0, 0.1) is 0 Å². The highest BCUT2D eigenvalue weighted by molar-refractivity contribution is 5.94. The van der Waals surface area contributed by atoms with Crippen molar-refractivity contribution in [1.82, 2.24) is 15.1 Å². The summed E-state index contributed by atoms with van der Waals surface area (Å²) < 4.78 is 43.1. The van der Waals surface area contributed by atoms with E-state index in [0.717, 1.165) is 12.1 Å². The van der Waals surface area contributed by atoms with Gasteiger partial charge < -0.3 is 15.0 Å². The Bertz CT molecular complexity index is 891. The Balaban J connectivity index is 1.42. The summed E-state index contributed by atoms with van der Waals surface area (Å²) >= 11 is 0. The standard InChI is InChI=1S/C22H24F3N3O3/c1-31-19-8-4-16(5-9-19)20(29)26-10-11-27-12-14-28(15-13-27)21(30)17-2-6-18(7-3-17)22(23,24)25/h2-9H,10-15H2,1H3,(H,26,29). The average molecular weight is 435 g/mol. The molecule has 2 aromatic carbocycles. The largest absolute Gasteiger partial charge is 0.497 e. The van der Waals surface area contributed by atoms with E-state index in [0.29, 0.717) is 50.6 Å². The van der Waals surface area contributed by atoms with Crippen molar-refractivity contribution in [3.63, 3.8) is 0 Å². The average Bonchev–Trinajstić information content (AvgIpc) is 2.78. The number of rotatable bonds is 6. The Morgan fingerprint density at radius 2 is 1.52 bits per heavy atom. The van der Waals surface area contributed by atoms with Crippen molar-refractivity contribution < 1.29 is 27.5 Å². The van der Waals surface area contributed by atoms with E-state index in [4.69, 9.17) is 4.74 Å². The van der Waals surface area contributed by atoms with Gasteiger partial charge in [0.25, 0.3) is 11.8 Å². The molecule has 0 spiro atoms. The first-order valence-electron chi connectivity index (χ1n) is 9.89. The maximum absolute atomic E-state index is 12.7. The number of piperazine rings is 1. The summed E-state index contributed by atoms with van der Waals surface area (Å²) in [6.45, 7) is 3.33. The van der Waals surface area contributed by atoms with Crippen molar-refractivity contribution in [2.45, 2.75) is 6.18 Å². The van der Waals surface area contributed by atoms with Gasteiger partial charge in [-0.25, -0.2) is 0 Å². The van der Waals surface area contributed by atoms with E-state index in [-0.39, 0.29) is 17.4 Å². The molecule has 1 aliphatic rings. The summed E-state index contributed by atoms with van der Waals surface area (Å²) in [5.74, 6) is 0.236. The molecule has 0 atom stereocenters. The van der Waals surface area contributed by atoms with Crippen LogP contribution in [-0.2, 0) is 6.18 Å². The highest BCUT2D eigenvalue weighted by Gasteiger charge is 2.30. The maximum Gasteiger partial charge on any atom is 0.416 e. The van der Waals surface area contributed by atoms with E-state index < -0.39 is 11.7 Å². The second-order valence-electron chi connectivity index (χ2n) is 7.19. The van der Waals surface area contributed by atoms with Crippen molar-refractivity contribution in [1.29, 1.82) is 0 Å². The topological polar surface area (TPSA) is 61.9 Å². The molecule has 0 unspecified atom stereocenters. The predicted octanol–water partition coefficient (Wildman–Crippen LogP) is 2.90. The van der Waals surface area contributed by atoms with Gasteiger partial charge in [-0.05, 0) is 48.5 Å². The Hall–Kier alpha value is -3.07. The van der Waals surface area contributed by atoms with E-state index in [1.54, 1.807) is 36.3 Å². The van der Waals surface area contributed by atoms with Crippen LogP contribution in [0.4, 0.5) is 13.2 Å². The highest BCUT2D eigenvalue weighted by atomic mass is 19.4. The smallest absolute Gasteiger partial charge is 0.416 e. The lowest BCUT2D eigenvalue weighted by Gasteiger charge is -2.34. The molecule has 1 N–H and O–H groups in total. The Kier molecular flexibility index (Phi) is 7.17. The molecule has 9 heteroatoms. The molecule has 1 aliphatic heterocycles. The number of hydrogen-bond donors (Lipinski definition) is 1. The number of ether oxygens (including phenoxy) is 1. The van der Waals surface area contributed by atoms with E-state index in [1.807, 2.05) is 0 Å².